The van der Waals surface area contributed by atoms with E-state index in [9.17, 15) is 23.9 Å². The van der Waals surface area contributed by atoms with Gasteiger partial charge in [-0.05, 0) is 49.3 Å². The molecule has 1 saturated heterocycles. The van der Waals surface area contributed by atoms with Crippen molar-refractivity contribution in [2.45, 2.75) is 63.8 Å². The number of H-pyrrole nitrogens is 1. The Bertz CT molecular complexity index is 1080. The zero-order chi connectivity index (χ0) is 27.1. The molecule has 2 heterocycles. The normalized spacial score (nSPS) is 18.5. The van der Waals surface area contributed by atoms with Gasteiger partial charge in [0.25, 0.3) is 0 Å². The largest absolute Gasteiger partial charge is 0.481 e. The monoisotopic (exact) mass is 545 g/mol. The average molecular weight is 546 g/mol. The number of aromatic nitrogens is 2. The summed E-state index contributed by atoms with van der Waals surface area (Å²) in [5.41, 5.74) is 0.670. The lowest BCUT2D eigenvalue weighted by Gasteiger charge is -2.45. The van der Waals surface area contributed by atoms with E-state index in [0.717, 1.165) is 42.1 Å². The fourth-order valence-corrected chi connectivity index (χ4v) is 6.11. The number of nitrogens with one attached hydrogen (secondary N) is 2. The highest BCUT2D eigenvalue weighted by Crippen LogP contribution is 2.46. The van der Waals surface area contributed by atoms with E-state index in [4.69, 9.17) is 0 Å². The van der Waals surface area contributed by atoms with E-state index in [1.807, 2.05) is 0 Å². The van der Waals surface area contributed by atoms with Gasteiger partial charge in [-0.15, -0.1) is 0 Å². The molecule has 0 bridgehead atoms. The smallest absolute Gasteiger partial charge is 0.327 e. The van der Waals surface area contributed by atoms with E-state index in [2.05, 4.69) is 28.1 Å². The molecule has 2 aliphatic rings. The molecule has 0 radical (unpaired) electrons. The Morgan fingerprint density at radius 1 is 1.18 bits per heavy atom. The molecule has 3 amide bonds. The summed E-state index contributed by atoms with van der Waals surface area (Å²) in [5.74, 6) is -1.33. The van der Waals surface area contributed by atoms with E-state index in [0.29, 0.717) is 44.5 Å². The standard InChI is InChI=1S/C27H36FN5O4S/c28-21-8-6-19(7-9-21)16-23(33(38)26(37)30-13-10-22-17-29-18-31-22)24(34)32-14-11-27(12-15-32,25(35)36)20-4-2-1-3-5-20/h6-9,17-18,20,23,38H,1-5,10-16H2,(H,29,31)(H,30,37)(H,35,36)/t23-/m1/s1. The number of hydrogen-bond donors (Lipinski definition) is 4. The van der Waals surface area contributed by atoms with Crippen LogP contribution < -0.4 is 5.32 Å². The summed E-state index contributed by atoms with van der Waals surface area (Å²) in [7, 11) is 0. The summed E-state index contributed by atoms with van der Waals surface area (Å²) in [6.07, 6.45) is 9.82. The molecule has 1 aromatic carbocycles. The van der Waals surface area contributed by atoms with E-state index in [1.54, 1.807) is 29.6 Å². The van der Waals surface area contributed by atoms with Gasteiger partial charge in [0.1, 0.15) is 11.9 Å². The van der Waals surface area contributed by atoms with Crippen LogP contribution in [0.1, 0.15) is 56.2 Å². The van der Waals surface area contributed by atoms with Crippen molar-refractivity contribution in [3.8, 4) is 0 Å². The van der Waals surface area contributed by atoms with Crippen molar-refractivity contribution in [2.75, 3.05) is 19.6 Å². The van der Waals surface area contributed by atoms with Crippen molar-refractivity contribution in [3.05, 3.63) is 53.9 Å². The first-order valence-electron chi connectivity index (χ1n) is 13.3. The van der Waals surface area contributed by atoms with Crippen molar-refractivity contribution in [1.82, 2.24) is 24.5 Å². The highest BCUT2D eigenvalue weighted by atomic mass is 32.1. The van der Waals surface area contributed by atoms with Crippen LogP contribution >= 0.6 is 12.8 Å². The predicted octanol–water partition coefficient (Wildman–Crippen LogP) is 3.83. The summed E-state index contributed by atoms with van der Waals surface area (Å²) < 4.78 is 14.6. The first-order chi connectivity index (χ1) is 18.3. The van der Waals surface area contributed by atoms with Gasteiger partial charge < -0.3 is 20.3 Å². The Morgan fingerprint density at radius 3 is 2.47 bits per heavy atom. The summed E-state index contributed by atoms with van der Waals surface area (Å²) in [5, 5.41) is 13.0. The molecular formula is C27H36FN5O4S. The predicted molar refractivity (Wildman–Crippen MR) is 143 cm³/mol. The van der Waals surface area contributed by atoms with Gasteiger partial charge in [-0.1, -0.05) is 44.2 Å². The Labute approximate surface area is 227 Å². The SMILES string of the molecule is O=C([C@@H](Cc1ccc(F)cc1)N(S)C(=O)NCCc1c[nH]cn1)N1CCC(C(=O)O)(C2CCCCC2)CC1. The number of carboxylic acids is 1. The van der Waals surface area contributed by atoms with Crippen molar-refractivity contribution in [1.29, 1.82) is 0 Å². The molecule has 1 aromatic heterocycles. The number of halogens is 1. The minimum absolute atomic E-state index is 0.127. The number of thiol groups is 1. The van der Waals surface area contributed by atoms with E-state index in [-0.39, 0.29) is 24.1 Å². The molecule has 0 spiro atoms. The molecular weight excluding hydrogens is 509 g/mol. The number of rotatable bonds is 9. The molecule has 2 aromatic rings. The van der Waals surface area contributed by atoms with Crippen LogP contribution in [0.4, 0.5) is 9.18 Å². The number of carbonyl (C=O) groups excluding carboxylic acids is 2. The molecule has 9 nitrogen and oxygen atoms in total. The van der Waals surface area contributed by atoms with Crippen molar-refractivity contribution in [2.24, 2.45) is 11.3 Å². The highest BCUT2D eigenvalue weighted by molar-refractivity contribution is 7.78. The number of carboxylic acid groups (broad SMARTS) is 1. The second kappa shape index (κ2) is 12.6. The summed E-state index contributed by atoms with van der Waals surface area (Å²) in [6.45, 7) is 0.929. The lowest BCUT2D eigenvalue weighted by Crippen LogP contribution is -2.55. The minimum Gasteiger partial charge on any atom is -0.481 e. The van der Waals surface area contributed by atoms with Gasteiger partial charge in [0.15, 0.2) is 0 Å². The molecule has 1 atom stereocenters. The molecule has 206 valence electrons. The lowest BCUT2D eigenvalue weighted by molar-refractivity contribution is -0.160. The molecule has 0 unspecified atom stereocenters. The number of hydrogen-bond acceptors (Lipinski definition) is 5. The minimum atomic E-state index is -0.943. The summed E-state index contributed by atoms with van der Waals surface area (Å²) >= 11 is 4.41. The number of aliphatic carboxylic acids is 1. The fraction of sp³-hybridized carbons (Fsp3) is 0.556. The maximum absolute atomic E-state index is 13.8. The Morgan fingerprint density at radius 2 is 1.87 bits per heavy atom. The number of amides is 3. The Balaban J connectivity index is 1.45. The number of urea groups is 1. The second-order valence-electron chi connectivity index (χ2n) is 10.4. The molecule has 4 rings (SSSR count). The van der Waals surface area contributed by atoms with Crippen LogP contribution in [-0.2, 0) is 22.4 Å². The van der Waals surface area contributed by atoms with E-state index >= 15 is 0 Å². The van der Waals surface area contributed by atoms with Gasteiger partial charge in [-0.2, -0.15) is 0 Å². The number of piperidine rings is 1. The van der Waals surface area contributed by atoms with Gasteiger partial charge in [0, 0.05) is 38.7 Å². The third kappa shape index (κ3) is 6.48. The number of benzene rings is 1. The van der Waals surface area contributed by atoms with Gasteiger partial charge >= 0.3 is 12.0 Å². The quantitative estimate of drug-likeness (QED) is 0.357. The van der Waals surface area contributed by atoms with E-state index < -0.39 is 23.5 Å². The maximum Gasteiger partial charge on any atom is 0.327 e. The topological polar surface area (TPSA) is 119 Å². The zero-order valence-corrected chi connectivity index (χ0v) is 22.3. The third-order valence-corrected chi connectivity index (χ3v) is 8.58. The molecule has 38 heavy (non-hydrogen) atoms. The zero-order valence-electron chi connectivity index (χ0n) is 21.4. The van der Waals surface area contributed by atoms with Gasteiger partial charge in [-0.3, -0.25) is 13.9 Å². The van der Waals surface area contributed by atoms with Crippen LogP contribution in [0.5, 0.6) is 0 Å². The van der Waals surface area contributed by atoms with Gasteiger partial charge in [-0.25, -0.2) is 14.2 Å². The van der Waals surface area contributed by atoms with Crippen LogP contribution in [0.25, 0.3) is 0 Å². The lowest BCUT2D eigenvalue weighted by atomic mass is 9.64. The van der Waals surface area contributed by atoms with Crippen LogP contribution in [0.15, 0.2) is 36.8 Å². The van der Waals surface area contributed by atoms with Gasteiger partial charge in [0.05, 0.1) is 17.4 Å². The maximum atomic E-state index is 13.8. The van der Waals surface area contributed by atoms with Crippen LogP contribution in [0.2, 0.25) is 0 Å². The molecule has 1 saturated carbocycles. The number of carbonyl (C=O) groups is 3. The van der Waals surface area contributed by atoms with Crippen LogP contribution in [0.3, 0.4) is 0 Å². The molecule has 2 fully saturated rings. The first-order valence-corrected chi connectivity index (χ1v) is 13.7. The fourth-order valence-electron chi connectivity index (χ4n) is 5.86. The first kappa shape index (κ1) is 27.9. The number of nitrogens with zero attached hydrogens (tertiary/aromatic N) is 3. The average Bonchev–Trinajstić information content (AvgIpc) is 3.46. The van der Waals surface area contributed by atoms with Crippen molar-refractivity contribution in [3.63, 3.8) is 0 Å². The summed E-state index contributed by atoms with van der Waals surface area (Å²) in [6, 6.07) is 4.33. The Hall–Kier alpha value is -3.08. The Kier molecular flexibility index (Phi) is 9.30. The summed E-state index contributed by atoms with van der Waals surface area (Å²) in [4.78, 5) is 47.8. The molecule has 1 aliphatic carbocycles. The molecule has 1 aliphatic heterocycles. The van der Waals surface area contributed by atoms with Gasteiger partial charge in [0.2, 0.25) is 5.91 Å². The van der Waals surface area contributed by atoms with Crippen LogP contribution in [0, 0.1) is 17.2 Å². The van der Waals surface area contributed by atoms with Crippen molar-refractivity contribution >= 4 is 30.7 Å². The second-order valence-corrected chi connectivity index (χ2v) is 10.8. The van der Waals surface area contributed by atoms with E-state index in [1.165, 1.54) is 12.1 Å². The molecule has 11 heteroatoms. The number of imidazole rings is 1. The molecule has 3 N–H and O–H groups in total. The van der Waals surface area contributed by atoms with Crippen LogP contribution in [-0.4, -0.2) is 67.9 Å². The number of aromatic amines is 1. The van der Waals surface area contributed by atoms with Crippen molar-refractivity contribution < 1.29 is 23.9 Å². The highest BCUT2D eigenvalue weighted by Gasteiger charge is 2.49. The number of likely N-dealkylation sites (tertiary alicyclic amines) is 1. The third-order valence-electron chi connectivity index (χ3n) is 8.12.